The molecule has 1 amide bonds. The van der Waals surface area contributed by atoms with E-state index in [0.29, 0.717) is 43.0 Å². The Kier molecular flexibility index (Phi) is 7.37. The largest absolute Gasteiger partial charge is 0.338 e. The highest BCUT2D eigenvalue weighted by molar-refractivity contribution is 7.17. The standard InChI is InChI=1S/C17H20Cl3N3OS/c1-4-6-7-23(5-2)16(24)15-10(3)21-17(25-15)22-14-12(19)8-11(18)9-13(14)20/h8-9H,4-7H2,1-3H3,(H,21,22). The second-order valence-corrected chi connectivity index (χ2v) is 7.79. The predicted octanol–water partition coefficient (Wildman–Crippen LogP) is 6.42. The molecule has 25 heavy (non-hydrogen) atoms. The van der Waals surface area contributed by atoms with E-state index in [1.54, 1.807) is 12.1 Å². The molecule has 2 aromatic rings. The molecule has 0 spiro atoms. The first-order valence-corrected chi connectivity index (χ1v) is 10.0. The molecular formula is C17H20Cl3N3OS. The number of nitrogens with zero attached hydrogens (tertiary/aromatic N) is 2. The number of benzene rings is 1. The van der Waals surface area contributed by atoms with Crippen molar-refractivity contribution in [3.05, 3.63) is 37.8 Å². The number of amides is 1. The number of aromatic nitrogens is 1. The van der Waals surface area contributed by atoms with Crippen molar-refractivity contribution >= 4 is 62.9 Å². The zero-order valence-corrected chi connectivity index (χ0v) is 17.4. The smallest absolute Gasteiger partial charge is 0.265 e. The molecule has 0 atom stereocenters. The van der Waals surface area contributed by atoms with Gasteiger partial charge in [-0.25, -0.2) is 4.98 Å². The fraction of sp³-hybridized carbons (Fsp3) is 0.412. The van der Waals surface area contributed by atoms with Crippen LogP contribution in [-0.4, -0.2) is 28.9 Å². The molecule has 136 valence electrons. The summed E-state index contributed by atoms with van der Waals surface area (Å²) in [5.41, 5.74) is 1.22. The molecule has 1 aromatic carbocycles. The summed E-state index contributed by atoms with van der Waals surface area (Å²) in [5, 5.41) is 4.92. The molecule has 0 radical (unpaired) electrons. The normalized spacial score (nSPS) is 10.8. The summed E-state index contributed by atoms with van der Waals surface area (Å²) in [6.45, 7) is 7.34. The van der Waals surface area contributed by atoms with Gasteiger partial charge in [0.1, 0.15) is 4.88 Å². The third-order valence-electron chi connectivity index (χ3n) is 3.68. The van der Waals surface area contributed by atoms with Gasteiger partial charge < -0.3 is 10.2 Å². The molecule has 1 heterocycles. The first kappa shape index (κ1) is 20.3. The Labute approximate surface area is 167 Å². The number of carbonyl (C=O) groups excluding carboxylic acids is 1. The minimum atomic E-state index is 0.00676. The van der Waals surface area contributed by atoms with Crippen molar-refractivity contribution in [1.29, 1.82) is 0 Å². The molecule has 0 saturated heterocycles. The van der Waals surface area contributed by atoms with Crippen LogP contribution in [-0.2, 0) is 0 Å². The summed E-state index contributed by atoms with van der Waals surface area (Å²) in [5.74, 6) is 0.00676. The highest BCUT2D eigenvalue weighted by Gasteiger charge is 2.21. The van der Waals surface area contributed by atoms with Gasteiger partial charge in [-0.05, 0) is 32.4 Å². The van der Waals surface area contributed by atoms with Crippen molar-refractivity contribution < 1.29 is 4.79 Å². The van der Waals surface area contributed by atoms with E-state index in [9.17, 15) is 4.79 Å². The Bertz CT molecular complexity index is 741. The molecule has 0 fully saturated rings. The molecule has 1 N–H and O–H groups in total. The second-order valence-electron chi connectivity index (χ2n) is 5.54. The maximum atomic E-state index is 12.7. The number of nitrogens with one attached hydrogen (secondary N) is 1. The number of hydrogen-bond acceptors (Lipinski definition) is 4. The Hall–Kier alpha value is -1.01. The van der Waals surface area contributed by atoms with Crippen LogP contribution in [0.25, 0.3) is 0 Å². The van der Waals surface area contributed by atoms with E-state index in [1.165, 1.54) is 11.3 Å². The molecule has 0 unspecified atom stereocenters. The van der Waals surface area contributed by atoms with Gasteiger partial charge in [-0.3, -0.25) is 4.79 Å². The van der Waals surface area contributed by atoms with Crippen LogP contribution >= 0.6 is 46.1 Å². The summed E-state index contributed by atoms with van der Waals surface area (Å²) >= 11 is 19.6. The lowest BCUT2D eigenvalue weighted by atomic mass is 10.3. The zero-order valence-electron chi connectivity index (χ0n) is 14.3. The summed E-state index contributed by atoms with van der Waals surface area (Å²) in [6, 6.07) is 3.21. The van der Waals surface area contributed by atoms with Gasteiger partial charge >= 0.3 is 0 Å². The molecule has 0 aliphatic carbocycles. The predicted molar refractivity (Wildman–Crippen MR) is 108 cm³/mol. The van der Waals surface area contributed by atoms with Crippen LogP contribution in [0.15, 0.2) is 12.1 Å². The van der Waals surface area contributed by atoms with Crippen LogP contribution in [0.3, 0.4) is 0 Å². The third kappa shape index (κ3) is 5.00. The van der Waals surface area contributed by atoms with E-state index in [2.05, 4.69) is 17.2 Å². The Balaban J connectivity index is 2.24. The monoisotopic (exact) mass is 419 g/mol. The van der Waals surface area contributed by atoms with E-state index < -0.39 is 0 Å². The van der Waals surface area contributed by atoms with Crippen molar-refractivity contribution in [3.63, 3.8) is 0 Å². The zero-order chi connectivity index (χ0) is 18.6. The van der Waals surface area contributed by atoms with Crippen LogP contribution in [0.2, 0.25) is 15.1 Å². The fourth-order valence-corrected chi connectivity index (χ4v) is 4.16. The fourth-order valence-electron chi connectivity index (χ4n) is 2.31. The molecule has 2 rings (SSSR count). The number of unbranched alkanes of at least 4 members (excludes halogenated alkanes) is 1. The van der Waals surface area contributed by atoms with Crippen LogP contribution in [0.5, 0.6) is 0 Å². The summed E-state index contributed by atoms with van der Waals surface area (Å²) in [4.78, 5) is 19.7. The molecule has 0 bridgehead atoms. The Morgan fingerprint density at radius 1 is 1.24 bits per heavy atom. The quantitative estimate of drug-likeness (QED) is 0.562. The third-order valence-corrected chi connectivity index (χ3v) is 5.56. The second kappa shape index (κ2) is 9.08. The van der Waals surface area contributed by atoms with Crippen molar-refractivity contribution in [2.75, 3.05) is 18.4 Å². The average molecular weight is 421 g/mol. The molecule has 0 aliphatic heterocycles. The van der Waals surface area contributed by atoms with Gasteiger partial charge in [-0.1, -0.05) is 59.5 Å². The van der Waals surface area contributed by atoms with E-state index in [4.69, 9.17) is 34.8 Å². The summed E-state index contributed by atoms with van der Waals surface area (Å²) < 4.78 is 0. The van der Waals surface area contributed by atoms with E-state index in [-0.39, 0.29) is 5.91 Å². The SMILES string of the molecule is CCCCN(CC)C(=O)c1sc(Nc2c(Cl)cc(Cl)cc2Cl)nc1C. The van der Waals surface area contributed by atoms with E-state index in [1.807, 2.05) is 18.7 Å². The summed E-state index contributed by atoms with van der Waals surface area (Å²) in [7, 11) is 0. The van der Waals surface area contributed by atoms with Crippen molar-refractivity contribution in [3.8, 4) is 0 Å². The summed E-state index contributed by atoms with van der Waals surface area (Å²) in [6.07, 6.45) is 2.03. The van der Waals surface area contributed by atoms with Crippen LogP contribution in [0.1, 0.15) is 42.1 Å². The van der Waals surface area contributed by atoms with E-state index >= 15 is 0 Å². The van der Waals surface area contributed by atoms with Gasteiger partial charge in [0.2, 0.25) is 0 Å². The van der Waals surface area contributed by atoms with E-state index in [0.717, 1.165) is 19.4 Å². The number of anilines is 2. The number of hydrogen-bond donors (Lipinski definition) is 1. The van der Waals surface area contributed by atoms with Crippen molar-refractivity contribution in [1.82, 2.24) is 9.88 Å². The minimum absolute atomic E-state index is 0.00676. The van der Waals surface area contributed by atoms with Crippen LogP contribution in [0, 0.1) is 6.92 Å². The highest BCUT2D eigenvalue weighted by Crippen LogP contribution is 2.37. The molecule has 0 aliphatic rings. The molecule has 8 heteroatoms. The lowest BCUT2D eigenvalue weighted by Crippen LogP contribution is -2.31. The maximum Gasteiger partial charge on any atom is 0.265 e. The maximum absolute atomic E-state index is 12.7. The lowest BCUT2D eigenvalue weighted by molar-refractivity contribution is 0.0766. The first-order chi connectivity index (χ1) is 11.9. The van der Waals surface area contributed by atoms with Gasteiger partial charge in [-0.2, -0.15) is 0 Å². The number of rotatable bonds is 7. The topological polar surface area (TPSA) is 45.2 Å². The molecule has 0 saturated carbocycles. The molecule has 1 aromatic heterocycles. The Morgan fingerprint density at radius 2 is 1.88 bits per heavy atom. The van der Waals surface area contributed by atoms with Crippen LogP contribution < -0.4 is 5.32 Å². The number of carbonyl (C=O) groups is 1. The minimum Gasteiger partial charge on any atom is -0.338 e. The number of aryl methyl sites for hydroxylation is 1. The van der Waals surface area contributed by atoms with Crippen molar-refractivity contribution in [2.45, 2.75) is 33.6 Å². The van der Waals surface area contributed by atoms with Gasteiger partial charge in [0.05, 0.1) is 21.4 Å². The first-order valence-electron chi connectivity index (χ1n) is 8.05. The Morgan fingerprint density at radius 3 is 2.44 bits per heavy atom. The van der Waals surface area contributed by atoms with Gasteiger partial charge in [0.15, 0.2) is 5.13 Å². The molecule has 4 nitrogen and oxygen atoms in total. The number of halogens is 3. The average Bonchev–Trinajstić information content (AvgIpc) is 2.92. The van der Waals surface area contributed by atoms with Crippen LogP contribution in [0.4, 0.5) is 10.8 Å². The molecular weight excluding hydrogens is 401 g/mol. The lowest BCUT2D eigenvalue weighted by Gasteiger charge is -2.19. The van der Waals surface area contributed by atoms with Crippen molar-refractivity contribution in [2.24, 2.45) is 0 Å². The van der Waals surface area contributed by atoms with Gasteiger partial charge in [0, 0.05) is 18.1 Å². The number of thiazole rings is 1. The highest BCUT2D eigenvalue weighted by atomic mass is 35.5. The van der Waals surface area contributed by atoms with Gasteiger partial charge in [0.25, 0.3) is 5.91 Å². The van der Waals surface area contributed by atoms with Gasteiger partial charge in [-0.15, -0.1) is 0 Å².